The Labute approximate surface area is 172 Å². The molecule has 1 aliphatic heterocycles. The van der Waals surface area contributed by atoms with Crippen molar-refractivity contribution in [2.75, 3.05) is 0 Å². The van der Waals surface area contributed by atoms with Gasteiger partial charge in [-0.05, 0) is 106 Å². The van der Waals surface area contributed by atoms with Gasteiger partial charge < -0.3 is 9.26 Å². The summed E-state index contributed by atoms with van der Waals surface area (Å²) < 4.78 is 11.8. The number of fused-ring (bicyclic) bond motifs is 7. The minimum atomic E-state index is -0.329. The van der Waals surface area contributed by atoms with Crippen LogP contribution in [0.3, 0.4) is 0 Å². The molecule has 3 aliphatic carbocycles. The highest BCUT2D eigenvalue weighted by molar-refractivity contribution is 5.78. The summed E-state index contributed by atoms with van der Waals surface area (Å²) in [5, 5.41) is 5.12. The smallest absolute Gasteiger partial charge is 0.312 e. The van der Waals surface area contributed by atoms with Crippen molar-refractivity contribution in [3.05, 3.63) is 29.5 Å². The van der Waals surface area contributed by atoms with E-state index in [0.29, 0.717) is 17.8 Å². The molecular formula is C25H31NO3. The lowest BCUT2D eigenvalue weighted by Gasteiger charge is -2.56. The molecule has 1 aromatic carbocycles. The van der Waals surface area contributed by atoms with Crippen LogP contribution in [-0.4, -0.2) is 16.7 Å². The third kappa shape index (κ3) is 2.26. The first-order valence-electron chi connectivity index (χ1n) is 11.4. The Bertz CT molecular complexity index is 1010. The summed E-state index contributed by atoms with van der Waals surface area (Å²) in [6.45, 7) is 6.53. The van der Waals surface area contributed by atoms with E-state index in [4.69, 9.17) is 9.26 Å². The number of rotatable bonds is 0. The van der Waals surface area contributed by atoms with Crippen LogP contribution in [0.4, 0.5) is 0 Å². The molecule has 2 saturated carbocycles. The topological polar surface area (TPSA) is 52.3 Å². The van der Waals surface area contributed by atoms with Crippen molar-refractivity contribution in [2.45, 2.75) is 83.7 Å². The Morgan fingerprint density at radius 1 is 1.03 bits per heavy atom. The van der Waals surface area contributed by atoms with E-state index < -0.39 is 0 Å². The van der Waals surface area contributed by atoms with Gasteiger partial charge in [0.1, 0.15) is 5.60 Å². The fourth-order valence-electron chi connectivity index (χ4n) is 7.59. The number of nitrogens with zero attached hydrogens (tertiary/aromatic N) is 1. The van der Waals surface area contributed by atoms with Gasteiger partial charge in [-0.25, -0.2) is 0 Å². The molecule has 154 valence electrons. The summed E-state index contributed by atoms with van der Waals surface area (Å²) in [7, 11) is 0. The van der Waals surface area contributed by atoms with Gasteiger partial charge in [0.05, 0.1) is 11.6 Å². The van der Waals surface area contributed by atoms with Crippen molar-refractivity contribution in [3.63, 3.8) is 0 Å². The number of aromatic nitrogens is 1. The highest BCUT2D eigenvalue weighted by Crippen LogP contribution is 2.67. The Morgan fingerprint density at radius 3 is 2.72 bits per heavy atom. The molecule has 0 amide bonds. The average molecular weight is 394 g/mol. The molecule has 4 aliphatic rings. The first kappa shape index (κ1) is 18.0. The molecule has 2 heterocycles. The lowest BCUT2D eigenvalue weighted by Crippen LogP contribution is -2.56. The zero-order valence-electron chi connectivity index (χ0n) is 17.8. The van der Waals surface area contributed by atoms with Crippen LogP contribution in [0.25, 0.3) is 11.0 Å². The summed E-state index contributed by atoms with van der Waals surface area (Å²) in [6, 6.07) is 4.57. The predicted octanol–water partition coefficient (Wildman–Crippen LogP) is 5.79. The minimum absolute atomic E-state index is 0.0246. The second-order valence-electron chi connectivity index (χ2n) is 11.1. The molecule has 2 aromatic rings. The van der Waals surface area contributed by atoms with Gasteiger partial charge in [0.15, 0.2) is 5.58 Å². The molecule has 29 heavy (non-hydrogen) atoms. The third-order valence-electron chi connectivity index (χ3n) is 9.48. The maximum absolute atomic E-state index is 12.8. The molecule has 3 fully saturated rings. The second-order valence-corrected chi connectivity index (χ2v) is 11.1. The van der Waals surface area contributed by atoms with Gasteiger partial charge in [0.2, 0.25) is 0 Å². The average Bonchev–Trinajstić information content (AvgIpc) is 3.26. The molecule has 0 N–H and O–H groups in total. The zero-order valence-corrected chi connectivity index (χ0v) is 17.8. The standard InChI is InChI=1S/C25H31NO3/c1-23(2)10-11-25(28-22(23)27)9-7-20-18-5-4-15-13-21-16(14-26-29-21)12-19(15)17(18)6-8-24(20,25)3/h12-14,17-18,20H,4-11H2,1-3H3/t17?,18?,20?,24-,25+/m0/s1. The fraction of sp³-hybridized carbons (Fsp3) is 0.680. The largest absolute Gasteiger partial charge is 0.458 e. The number of aryl methyl sites for hydroxylation is 1. The molecule has 4 heteroatoms. The van der Waals surface area contributed by atoms with E-state index in [1.165, 1.54) is 30.4 Å². The summed E-state index contributed by atoms with van der Waals surface area (Å²) in [5.41, 5.74) is 3.47. The van der Waals surface area contributed by atoms with E-state index in [1.807, 2.05) is 20.0 Å². The molecule has 5 atom stereocenters. The Kier molecular flexibility index (Phi) is 3.50. The number of esters is 1. The number of hydrogen-bond acceptors (Lipinski definition) is 4. The monoisotopic (exact) mass is 393 g/mol. The van der Waals surface area contributed by atoms with Crippen molar-refractivity contribution in [3.8, 4) is 0 Å². The van der Waals surface area contributed by atoms with Crippen molar-refractivity contribution in [1.29, 1.82) is 0 Å². The number of ether oxygens (including phenoxy) is 1. The third-order valence-corrected chi connectivity index (χ3v) is 9.48. The fourth-order valence-corrected chi connectivity index (χ4v) is 7.59. The van der Waals surface area contributed by atoms with Crippen LogP contribution in [0, 0.1) is 22.7 Å². The van der Waals surface area contributed by atoms with Crippen molar-refractivity contribution in [2.24, 2.45) is 22.7 Å². The van der Waals surface area contributed by atoms with E-state index in [2.05, 4.69) is 24.2 Å². The SMILES string of the molecule is CC1(C)CC[C@@]2(CCC3C4CCc5cc6oncc6cc5C4CC[C@@]32C)OC1=O. The molecule has 1 saturated heterocycles. The van der Waals surface area contributed by atoms with E-state index in [0.717, 1.165) is 43.1 Å². The van der Waals surface area contributed by atoms with Crippen LogP contribution < -0.4 is 0 Å². The van der Waals surface area contributed by atoms with Gasteiger partial charge in [0, 0.05) is 10.8 Å². The molecule has 3 unspecified atom stereocenters. The van der Waals surface area contributed by atoms with Gasteiger partial charge in [-0.3, -0.25) is 4.79 Å². The molecule has 1 spiro atoms. The van der Waals surface area contributed by atoms with Crippen molar-refractivity contribution < 1.29 is 14.1 Å². The summed E-state index contributed by atoms with van der Waals surface area (Å²) in [5.74, 6) is 2.01. The summed E-state index contributed by atoms with van der Waals surface area (Å²) in [6.07, 6.45) is 10.8. The Hall–Kier alpha value is -1.84. The molecule has 4 nitrogen and oxygen atoms in total. The van der Waals surface area contributed by atoms with Gasteiger partial charge in [-0.2, -0.15) is 0 Å². The van der Waals surface area contributed by atoms with Gasteiger partial charge in [0.25, 0.3) is 0 Å². The predicted molar refractivity (Wildman–Crippen MR) is 110 cm³/mol. The molecule has 6 rings (SSSR count). The van der Waals surface area contributed by atoms with Crippen LogP contribution in [0.1, 0.15) is 82.8 Å². The maximum atomic E-state index is 12.8. The highest BCUT2D eigenvalue weighted by atomic mass is 16.6. The van der Waals surface area contributed by atoms with Crippen molar-refractivity contribution in [1.82, 2.24) is 5.16 Å². The quantitative estimate of drug-likeness (QED) is 0.532. The minimum Gasteiger partial charge on any atom is -0.458 e. The first-order valence-corrected chi connectivity index (χ1v) is 11.4. The van der Waals surface area contributed by atoms with Crippen molar-refractivity contribution >= 4 is 16.9 Å². The van der Waals surface area contributed by atoms with E-state index in [1.54, 1.807) is 0 Å². The summed E-state index contributed by atoms with van der Waals surface area (Å²) in [4.78, 5) is 12.8. The van der Waals surface area contributed by atoms with Crippen LogP contribution >= 0.6 is 0 Å². The Balaban J connectivity index is 1.35. The molecule has 0 radical (unpaired) electrons. The zero-order chi connectivity index (χ0) is 20.0. The van der Waals surface area contributed by atoms with Crippen LogP contribution in [0.15, 0.2) is 22.9 Å². The highest BCUT2D eigenvalue weighted by Gasteiger charge is 2.65. The number of hydrogen-bond donors (Lipinski definition) is 0. The van der Waals surface area contributed by atoms with Gasteiger partial charge in [-0.1, -0.05) is 12.1 Å². The first-order chi connectivity index (χ1) is 13.8. The number of benzene rings is 1. The second kappa shape index (κ2) is 5.65. The maximum Gasteiger partial charge on any atom is 0.312 e. The molecule has 0 bridgehead atoms. The lowest BCUT2D eigenvalue weighted by atomic mass is 9.52. The number of carbonyl (C=O) groups excluding carboxylic acids is 1. The number of carbonyl (C=O) groups is 1. The molecular weight excluding hydrogens is 362 g/mol. The Morgan fingerprint density at radius 2 is 1.90 bits per heavy atom. The van der Waals surface area contributed by atoms with Gasteiger partial charge >= 0.3 is 5.97 Å². The van der Waals surface area contributed by atoms with E-state index >= 15 is 0 Å². The van der Waals surface area contributed by atoms with E-state index in [9.17, 15) is 4.79 Å². The van der Waals surface area contributed by atoms with Crippen LogP contribution in [0.2, 0.25) is 0 Å². The summed E-state index contributed by atoms with van der Waals surface area (Å²) >= 11 is 0. The lowest BCUT2D eigenvalue weighted by molar-refractivity contribution is -0.206. The van der Waals surface area contributed by atoms with Crippen LogP contribution in [-0.2, 0) is 16.0 Å². The van der Waals surface area contributed by atoms with Gasteiger partial charge in [-0.15, -0.1) is 0 Å². The van der Waals surface area contributed by atoms with E-state index in [-0.39, 0.29) is 22.4 Å². The molecule has 1 aromatic heterocycles. The van der Waals surface area contributed by atoms with Crippen LogP contribution in [0.5, 0.6) is 0 Å². The normalized spacial score (nSPS) is 40.4.